The summed E-state index contributed by atoms with van der Waals surface area (Å²) in [6.07, 6.45) is 5.89. The SMILES string of the molecule is CC(=O)C1(CC(C)C)CCCC1. The quantitative estimate of drug-likeness (QED) is 0.632. The van der Waals surface area contributed by atoms with E-state index in [-0.39, 0.29) is 5.41 Å². The smallest absolute Gasteiger partial charge is 0.135 e. The van der Waals surface area contributed by atoms with Crippen molar-refractivity contribution in [3.63, 3.8) is 0 Å². The molecule has 0 radical (unpaired) electrons. The van der Waals surface area contributed by atoms with Gasteiger partial charge in [-0.25, -0.2) is 0 Å². The lowest BCUT2D eigenvalue weighted by Gasteiger charge is -2.27. The van der Waals surface area contributed by atoms with Crippen molar-refractivity contribution in [2.24, 2.45) is 11.3 Å². The average molecular weight is 168 g/mol. The van der Waals surface area contributed by atoms with Gasteiger partial charge in [-0.2, -0.15) is 0 Å². The highest BCUT2D eigenvalue weighted by atomic mass is 16.1. The van der Waals surface area contributed by atoms with Crippen LogP contribution in [0.4, 0.5) is 0 Å². The Morgan fingerprint density at radius 3 is 2.17 bits per heavy atom. The minimum Gasteiger partial charge on any atom is -0.299 e. The molecule has 0 saturated heterocycles. The van der Waals surface area contributed by atoms with E-state index in [4.69, 9.17) is 0 Å². The summed E-state index contributed by atoms with van der Waals surface area (Å²) in [4.78, 5) is 11.5. The topological polar surface area (TPSA) is 17.1 Å². The van der Waals surface area contributed by atoms with Gasteiger partial charge in [0.25, 0.3) is 0 Å². The third-order valence-corrected chi connectivity index (χ3v) is 3.11. The van der Waals surface area contributed by atoms with Crippen LogP contribution in [-0.2, 0) is 4.79 Å². The van der Waals surface area contributed by atoms with E-state index < -0.39 is 0 Å². The van der Waals surface area contributed by atoms with Crippen LogP contribution in [0.3, 0.4) is 0 Å². The Kier molecular flexibility index (Phi) is 2.92. The molecule has 0 aliphatic heterocycles. The third-order valence-electron chi connectivity index (χ3n) is 3.11. The first-order chi connectivity index (χ1) is 5.57. The molecule has 1 nitrogen and oxygen atoms in total. The first-order valence-electron chi connectivity index (χ1n) is 5.08. The highest BCUT2D eigenvalue weighted by Crippen LogP contribution is 2.43. The van der Waals surface area contributed by atoms with Crippen LogP contribution in [0.1, 0.15) is 52.9 Å². The summed E-state index contributed by atoms with van der Waals surface area (Å²) in [5.74, 6) is 1.08. The Labute approximate surface area is 75.5 Å². The minimum atomic E-state index is 0.0775. The zero-order chi connectivity index (χ0) is 9.19. The van der Waals surface area contributed by atoms with Crippen LogP contribution in [-0.4, -0.2) is 5.78 Å². The Hall–Kier alpha value is -0.330. The first-order valence-corrected chi connectivity index (χ1v) is 5.08. The second-order valence-corrected chi connectivity index (χ2v) is 4.64. The van der Waals surface area contributed by atoms with E-state index in [0.29, 0.717) is 11.7 Å². The Balaban J connectivity index is 2.65. The fourth-order valence-electron chi connectivity index (χ4n) is 2.53. The third kappa shape index (κ3) is 1.88. The van der Waals surface area contributed by atoms with Gasteiger partial charge in [0.15, 0.2) is 0 Å². The fourth-order valence-corrected chi connectivity index (χ4v) is 2.53. The maximum absolute atomic E-state index is 11.5. The molecule has 0 N–H and O–H groups in total. The molecule has 0 spiro atoms. The first kappa shape index (κ1) is 9.76. The van der Waals surface area contributed by atoms with Gasteiger partial charge in [-0.15, -0.1) is 0 Å². The molecule has 1 rings (SSSR count). The lowest BCUT2D eigenvalue weighted by atomic mass is 9.76. The van der Waals surface area contributed by atoms with Crippen LogP contribution in [0.25, 0.3) is 0 Å². The molecule has 1 fully saturated rings. The number of ketones is 1. The largest absolute Gasteiger partial charge is 0.299 e. The van der Waals surface area contributed by atoms with Crippen LogP contribution in [0.2, 0.25) is 0 Å². The van der Waals surface area contributed by atoms with Crippen LogP contribution in [0.5, 0.6) is 0 Å². The van der Waals surface area contributed by atoms with Crippen molar-refractivity contribution in [1.82, 2.24) is 0 Å². The number of hydrogen-bond acceptors (Lipinski definition) is 1. The summed E-state index contributed by atoms with van der Waals surface area (Å²) in [6.45, 7) is 6.19. The molecular weight excluding hydrogens is 148 g/mol. The van der Waals surface area contributed by atoms with Crippen LogP contribution < -0.4 is 0 Å². The molecule has 1 heteroatoms. The monoisotopic (exact) mass is 168 g/mol. The molecule has 0 aromatic rings. The summed E-state index contributed by atoms with van der Waals surface area (Å²) in [7, 11) is 0. The minimum absolute atomic E-state index is 0.0775. The van der Waals surface area contributed by atoms with Crippen LogP contribution >= 0.6 is 0 Å². The predicted octanol–water partition coefficient (Wildman–Crippen LogP) is 3.18. The molecule has 12 heavy (non-hydrogen) atoms. The molecule has 70 valence electrons. The maximum atomic E-state index is 11.5. The van der Waals surface area contributed by atoms with Crippen molar-refractivity contribution in [3.8, 4) is 0 Å². The van der Waals surface area contributed by atoms with Crippen LogP contribution in [0.15, 0.2) is 0 Å². The van der Waals surface area contributed by atoms with Gasteiger partial charge in [-0.1, -0.05) is 26.7 Å². The normalized spacial score (nSPS) is 21.7. The molecule has 1 aliphatic rings. The van der Waals surface area contributed by atoms with E-state index in [9.17, 15) is 4.79 Å². The predicted molar refractivity (Wildman–Crippen MR) is 51.0 cm³/mol. The molecule has 1 aliphatic carbocycles. The molecule has 0 bridgehead atoms. The van der Waals surface area contributed by atoms with Gasteiger partial charge in [0.2, 0.25) is 0 Å². The number of carbonyl (C=O) groups excluding carboxylic acids is 1. The summed E-state index contributed by atoms with van der Waals surface area (Å²) < 4.78 is 0. The van der Waals surface area contributed by atoms with Gasteiger partial charge >= 0.3 is 0 Å². The van der Waals surface area contributed by atoms with Gasteiger partial charge in [-0.3, -0.25) is 4.79 Å². The lowest BCUT2D eigenvalue weighted by Crippen LogP contribution is -2.27. The Morgan fingerprint density at radius 1 is 1.33 bits per heavy atom. The van der Waals surface area contributed by atoms with Gasteiger partial charge in [0, 0.05) is 5.41 Å². The zero-order valence-corrected chi connectivity index (χ0v) is 8.52. The summed E-state index contributed by atoms with van der Waals surface area (Å²) in [5, 5.41) is 0. The van der Waals surface area contributed by atoms with E-state index in [1.807, 2.05) is 0 Å². The van der Waals surface area contributed by atoms with E-state index in [1.54, 1.807) is 6.92 Å². The van der Waals surface area contributed by atoms with Crippen molar-refractivity contribution in [3.05, 3.63) is 0 Å². The van der Waals surface area contributed by atoms with Gasteiger partial charge in [0.05, 0.1) is 0 Å². The molecule has 0 aromatic carbocycles. The number of hydrogen-bond donors (Lipinski definition) is 0. The highest BCUT2D eigenvalue weighted by Gasteiger charge is 2.38. The molecule has 0 unspecified atom stereocenters. The standard InChI is InChI=1S/C11H20O/c1-9(2)8-11(10(3)12)6-4-5-7-11/h9H,4-8H2,1-3H3. The summed E-state index contributed by atoms with van der Waals surface area (Å²) in [6, 6.07) is 0. The highest BCUT2D eigenvalue weighted by molar-refractivity contribution is 5.82. The fraction of sp³-hybridized carbons (Fsp3) is 0.909. The van der Waals surface area contributed by atoms with Crippen molar-refractivity contribution in [2.45, 2.75) is 52.9 Å². The molecule has 0 atom stereocenters. The van der Waals surface area contributed by atoms with Gasteiger partial charge in [-0.05, 0) is 32.1 Å². The number of rotatable bonds is 3. The Bertz CT molecular complexity index is 164. The van der Waals surface area contributed by atoms with E-state index in [2.05, 4.69) is 13.8 Å². The summed E-state index contributed by atoms with van der Waals surface area (Å²) in [5.41, 5.74) is 0.0775. The van der Waals surface area contributed by atoms with Crippen molar-refractivity contribution in [1.29, 1.82) is 0 Å². The molecule has 0 amide bonds. The van der Waals surface area contributed by atoms with E-state index >= 15 is 0 Å². The number of Topliss-reactive ketones (excluding diaryl/α,β-unsaturated/α-hetero) is 1. The average Bonchev–Trinajstić information content (AvgIpc) is 2.35. The lowest BCUT2D eigenvalue weighted by molar-refractivity contribution is -0.127. The summed E-state index contributed by atoms with van der Waals surface area (Å²) >= 11 is 0. The molecule has 1 saturated carbocycles. The van der Waals surface area contributed by atoms with Crippen molar-refractivity contribution in [2.75, 3.05) is 0 Å². The van der Waals surface area contributed by atoms with E-state index in [0.717, 1.165) is 19.3 Å². The Morgan fingerprint density at radius 2 is 1.83 bits per heavy atom. The zero-order valence-electron chi connectivity index (χ0n) is 8.52. The maximum Gasteiger partial charge on any atom is 0.135 e. The second-order valence-electron chi connectivity index (χ2n) is 4.64. The van der Waals surface area contributed by atoms with Crippen LogP contribution in [0, 0.1) is 11.3 Å². The van der Waals surface area contributed by atoms with E-state index in [1.165, 1.54) is 12.8 Å². The van der Waals surface area contributed by atoms with Crippen molar-refractivity contribution >= 4 is 5.78 Å². The second kappa shape index (κ2) is 3.59. The van der Waals surface area contributed by atoms with Crippen molar-refractivity contribution < 1.29 is 4.79 Å². The van der Waals surface area contributed by atoms with Gasteiger partial charge in [0.1, 0.15) is 5.78 Å². The van der Waals surface area contributed by atoms with Gasteiger partial charge < -0.3 is 0 Å². The molecule has 0 heterocycles. The number of carbonyl (C=O) groups is 1. The molecular formula is C11H20O. The molecule has 0 aromatic heterocycles.